The number of nitrogens with one attached hydrogen (secondary N) is 1. The Balaban J connectivity index is 1.93. The summed E-state index contributed by atoms with van der Waals surface area (Å²) in [6.45, 7) is 0. The minimum Gasteiger partial charge on any atom is -0.465 e. The average molecular weight is 506 g/mol. The van der Waals surface area contributed by atoms with Crippen LogP contribution in [-0.2, 0) is 11.8 Å². The van der Waals surface area contributed by atoms with E-state index in [2.05, 4.69) is 38.0 Å². The van der Waals surface area contributed by atoms with Gasteiger partial charge in [-0.2, -0.15) is 5.10 Å². The van der Waals surface area contributed by atoms with Crippen molar-refractivity contribution < 1.29 is 18.7 Å². The summed E-state index contributed by atoms with van der Waals surface area (Å²) < 4.78 is 21.5. The average Bonchev–Trinajstić information content (AvgIpc) is 3.12. The second-order valence-corrected chi connectivity index (χ2v) is 7.87. The van der Waals surface area contributed by atoms with Crippen LogP contribution in [0.15, 0.2) is 42.7 Å². The highest BCUT2D eigenvalue weighted by Gasteiger charge is 2.42. The van der Waals surface area contributed by atoms with Crippen molar-refractivity contribution in [2.75, 3.05) is 12.4 Å². The molecule has 0 spiro atoms. The van der Waals surface area contributed by atoms with Crippen molar-refractivity contribution in [3.8, 4) is 0 Å². The summed E-state index contributed by atoms with van der Waals surface area (Å²) in [6.07, 6.45) is 1.37. The van der Waals surface area contributed by atoms with Crippen LogP contribution in [0.4, 0.5) is 10.1 Å². The molecular weight excluding hydrogens is 490 g/mol. The summed E-state index contributed by atoms with van der Waals surface area (Å²) in [5.41, 5.74) is 1.06. The largest absolute Gasteiger partial charge is 0.465 e. The molecule has 1 aromatic heterocycles. The monoisotopic (exact) mass is 506 g/mol. The number of rotatable bonds is 3. The normalized spacial score (nSPS) is 18.1. The smallest absolute Gasteiger partial charge is 0.338 e. The number of methoxy groups -OCH3 is 1. The van der Waals surface area contributed by atoms with Crippen molar-refractivity contribution in [2.45, 2.75) is 12.0 Å². The molecule has 1 aliphatic heterocycles. The number of ether oxygens (including phenoxy) is 1. The Kier molecular flexibility index (Phi) is 5.07. The van der Waals surface area contributed by atoms with Crippen LogP contribution in [-0.4, -0.2) is 33.6 Å². The van der Waals surface area contributed by atoms with Crippen molar-refractivity contribution in [3.05, 3.63) is 74.6 Å². The lowest BCUT2D eigenvalue weighted by atomic mass is 9.80. The number of carbonyl (C=O) groups excluding carboxylic acids is 2. The molecule has 2 heterocycles. The second kappa shape index (κ2) is 7.54. The number of fused-ring (bicyclic) bond motifs is 1. The molecule has 0 fully saturated rings. The van der Waals surface area contributed by atoms with E-state index >= 15 is 0 Å². The Morgan fingerprint density at radius 2 is 2.00 bits per heavy atom. The summed E-state index contributed by atoms with van der Waals surface area (Å²) in [4.78, 5) is 30.1. The van der Waals surface area contributed by atoms with E-state index in [1.165, 1.54) is 24.2 Å². The summed E-state index contributed by atoms with van der Waals surface area (Å²) in [7, 11) is 2.89. The number of nitrogens with zero attached hydrogens (tertiary/aromatic N) is 3. The van der Waals surface area contributed by atoms with Crippen LogP contribution in [0.1, 0.15) is 44.1 Å². The van der Waals surface area contributed by atoms with Crippen LogP contribution in [0.5, 0.6) is 0 Å². The number of halogens is 2. The Morgan fingerprint density at radius 1 is 1.28 bits per heavy atom. The van der Waals surface area contributed by atoms with Gasteiger partial charge in [-0.15, -0.1) is 0 Å². The molecule has 0 bridgehead atoms. The van der Waals surface area contributed by atoms with Gasteiger partial charge in [0.1, 0.15) is 23.9 Å². The molecule has 0 saturated carbocycles. The molecule has 2 aromatic carbocycles. The second-order valence-electron chi connectivity index (χ2n) is 6.62. The summed E-state index contributed by atoms with van der Waals surface area (Å²) >= 11 is 2.20. The van der Waals surface area contributed by atoms with Gasteiger partial charge in [-0.1, -0.05) is 12.1 Å². The van der Waals surface area contributed by atoms with E-state index in [0.29, 0.717) is 5.82 Å². The molecule has 0 aliphatic carbocycles. The molecule has 2 unspecified atom stereocenters. The van der Waals surface area contributed by atoms with Crippen LogP contribution >= 0.6 is 22.6 Å². The molecule has 1 N–H and O–H groups in total. The first-order chi connectivity index (χ1) is 13.9. The lowest BCUT2D eigenvalue weighted by Gasteiger charge is -2.34. The molecule has 0 saturated heterocycles. The molecule has 2 atom stereocenters. The van der Waals surface area contributed by atoms with Crippen molar-refractivity contribution in [1.29, 1.82) is 0 Å². The first kappa shape index (κ1) is 19.5. The van der Waals surface area contributed by atoms with Gasteiger partial charge < -0.3 is 10.1 Å². The number of benzene rings is 2. The number of aryl methyl sites for hydroxylation is 1. The number of aromatic nitrogens is 3. The van der Waals surface area contributed by atoms with Crippen LogP contribution < -0.4 is 5.32 Å². The van der Waals surface area contributed by atoms with E-state index in [0.717, 1.165) is 15.2 Å². The molecule has 29 heavy (non-hydrogen) atoms. The maximum atomic E-state index is 14.2. The number of carbonyl (C=O) groups is 2. The van der Waals surface area contributed by atoms with Crippen molar-refractivity contribution in [1.82, 2.24) is 14.8 Å². The Labute approximate surface area is 179 Å². The van der Waals surface area contributed by atoms with Crippen molar-refractivity contribution in [3.63, 3.8) is 0 Å². The minimum absolute atomic E-state index is 0.0908. The third-order valence-electron chi connectivity index (χ3n) is 4.94. The number of esters is 1. The Hall–Kier alpha value is -2.82. The van der Waals surface area contributed by atoms with Gasteiger partial charge in [0.15, 0.2) is 5.78 Å². The molecule has 148 valence electrons. The van der Waals surface area contributed by atoms with Gasteiger partial charge >= 0.3 is 5.97 Å². The van der Waals surface area contributed by atoms with Gasteiger partial charge in [-0.3, -0.25) is 9.48 Å². The molecular formula is C20H16FIN4O3. The predicted octanol–water partition coefficient (Wildman–Crippen LogP) is 3.48. The van der Waals surface area contributed by atoms with Crippen LogP contribution in [0, 0.1) is 9.39 Å². The molecule has 0 amide bonds. The highest BCUT2D eigenvalue weighted by atomic mass is 127. The van der Waals surface area contributed by atoms with Gasteiger partial charge in [-0.25, -0.2) is 14.2 Å². The Bertz CT molecular complexity index is 1110. The maximum Gasteiger partial charge on any atom is 0.338 e. The molecule has 7 nitrogen and oxygen atoms in total. The molecule has 4 rings (SSSR count). The number of ketones is 1. The van der Waals surface area contributed by atoms with Gasteiger partial charge in [0.05, 0.1) is 24.3 Å². The van der Waals surface area contributed by atoms with E-state index in [4.69, 9.17) is 4.74 Å². The van der Waals surface area contributed by atoms with Crippen LogP contribution in [0.2, 0.25) is 0 Å². The highest BCUT2D eigenvalue weighted by Crippen LogP contribution is 2.43. The van der Waals surface area contributed by atoms with E-state index < -0.39 is 23.7 Å². The number of Topliss-reactive ketones (excluding diaryl/α,β-unsaturated/α-hetero) is 1. The number of hydrogen-bond acceptors (Lipinski definition) is 6. The lowest BCUT2D eigenvalue weighted by molar-refractivity contribution is 0.0595. The third kappa shape index (κ3) is 3.39. The molecule has 0 radical (unpaired) electrons. The first-order valence-corrected chi connectivity index (χ1v) is 9.80. The summed E-state index contributed by atoms with van der Waals surface area (Å²) in [5, 5.41) is 7.32. The van der Waals surface area contributed by atoms with E-state index in [9.17, 15) is 14.0 Å². The van der Waals surface area contributed by atoms with Crippen LogP contribution in [0.25, 0.3) is 0 Å². The highest BCUT2D eigenvalue weighted by molar-refractivity contribution is 14.1. The van der Waals surface area contributed by atoms with Crippen molar-refractivity contribution >= 4 is 40.0 Å². The minimum atomic E-state index is -0.777. The lowest BCUT2D eigenvalue weighted by Crippen LogP contribution is -2.35. The van der Waals surface area contributed by atoms with Gasteiger partial charge in [-0.05, 0) is 52.4 Å². The fourth-order valence-electron chi connectivity index (χ4n) is 3.61. The van der Waals surface area contributed by atoms with Gasteiger partial charge in [0, 0.05) is 16.3 Å². The zero-order chi connectivity index (χ0) is 20.7. The van der Waals surface area contributed by atoms with E-state index in [-0.39, 0.29) is 22.6 Å². The zero-order valence-electron chi connectivity index (χ0n) is 15.5. The summed E-state index contributed by atoms with van der Waals surface area (Å²) in [5.74, 6) is -2.08. The standard InChI is InChI=1S/C20H16FIN4O3/c1-26-19(23-9-24-26)16-17(10-3-5-12(22)6-4-10)25-14-8-11(21)7-13(20(28)29-2)15(14)18(16)27/h3-9,16-17,25H,1-2H3. The van der Waals surface area contributed by atoms with E-state index in [1.54, 1.807) is 7.05 Å². The summed E-state index contributed by atoms with van der Waals surface area (Å²) in [6, 6.07) is 9.38. The van der Waals surface area contributed by atoms with Gasteiger partial charge in [0.25, 0.3) is 0 Å². The van der Waals surface area contributed by atoms with E-state index in [1.807, 2.05) is 24.3 Å². The zero-order valence-corrected chi connectivity index (χ0v) is 17.7. The Morgan fingerprint density at radius 3 is 2.62 bits per heavy atom. The first-order valence-electron chi connectivity index (χ1n) is 8.72. The van der Waals surface area contributed by atoms with Crippen molar-refractivity contribution in [2.24, 2.45) is 7.05 Å². The predicted molar refractivity (Wildman–Crippen MR) is 111 cm³/mol. The topological polar surface area (TPSA) is 86.1 Å². The fraction of sp³-hybridized carbons (Fsp3) is 0.200. The fourth-order valence-corrected chi connectivity index (χ4v) is 3.97. The quantitative estimate of drug-likeness (QED) is 0.433. The molecule has 9 heteroatoms. The number of anilines is 1. The third-order valence-corrected chi connectivity index (χ3v) is 5.65. The molecule has 1 aliphatic rings. The SMILES string of the molecule is COC(=O)c1cc(F)cc2c1C(=O)C(c1ncnn1C)C(c1ccc(I)cc1)N2. The van der Waals surface area contributed by atoms with Crippen LogP contribution in [0.3, 0.4) is 0 Å². The van der Waals surface area contributed by atoms with Gasteiger partial charge in [0.2, 0.25) is 0 Å². The maximum absolute atomic E-state index is 14.2. The number of hydrogen-bond donors (Lipinski definition) is 1. The molecule has 3 aromatic rings.